The van der Waals surface area contributed by atoms with E-state index in [-0.39, 0.29) is 0 Å². The Morgan fingerprint density at radius 1 is 1.38 bits per heavy atom. The minimum atomic E-state index is 0.299. The molecule has 3 nitrogen and oxygen atoms in total. The van der Waals surface area contributed by atoms with Crippen LogP contribution in [-0.4, -0.2) is 44.3 Å². The zero-order valence-electron chi connectivity index (χ0n) is 11.1. The van der Waals surface area contributed by atoms with Crippen LogP contribution in [0, 0.1) is 11.8 Å². The molecule has 0 aromatic carbocycles. The van der Waals surface area contributed by atoms with Crippen molar-refractivity contribution < 1.29 is 4.74 Å². The van der Waals surface area contributed by atoms with Crippen LogP contribution in [0.25, 0.3) is 0 Å². The number of rotatable bonds is 9. The van der Waals surface area contributed by atoms with Gasteiger partial charge in [-0.3, -0.25) is 0 Å². The number of hydrogen-bond acceptors (Lipinski definition) is 3. The second kappa shape index (κ2) is 7.25. The van der Waals surface area contributed by atoms with Gasteiger partial charge in [0.1, 0.15) is 0 Å². The summed E-state index contributed by atoms with van der Waals surface area (Å²) >= 11 is 0. The first-order chi connectivity index (χ1) is 7.58. The molecule has 0 amide bonds. The first-order valence-corrected chi connectivity index (χ1v) is 6.59. The molecule has 1 unspecified atom stereocenters. The van der Waals surface area contributed by atoms with E-state index in [0.29, 0.717) is 12.0 Å². The van der Waals surface area contributed by atoms with Gasteiger partial charge in [-0.2, -0.15) is 0 Å². The summed E-state index contributed by atoms with van der Waals surface area (Å²) in [5.74, 6) is 1.56. The lowest BCUT2D eigenvalue weighted by Gasteiger charge is -2.22. The molecule has 96 valence electrons. The summed E-state index contributed by atoms with van der Waals surface area (Å²) in [6.45, 7) is 8.23. The lowest BCUT2D eigenvalue weighted by atomic mass is 10.0. The molecule has 1 aliphatic rings. The third-order valence-corrected chi connectivity index (χ3v) is 2.99. The molecule has 0 aromatic rings. The van der Waals surface area contributed by atoms with Crippen molar-refractivity contribution in [2.45, 2.75) is 39.2 Å². The van der Waals surface area contributed by atoms with E-state index < -0.39 is 0 Å². The molecular weight excluding hydrogens is 200 g/mol. The second-order valence-electron chi connectivity index (χ2n) is 5.67. The average molecular weight is 228 g/mol. The Morgan fingerprint density at radius 3 is 2.62 bits per heavy atom. The standard InChI is InChI=1S/C13H28N2O/c1-11(2)8-13(14)9-15(3)6-7-16-10-12-4-5-12/h11-13H,4-10,14H2,1-3H3. The van der Waals surface area contributed by atoms with Crippen LogP contribution in [0.4, 0.5) is 0 Å². The van der Waals surface area contributed by atoms with Crippen LogP contribution >= 0.6 is 0 Å². The highest BCUT2D eigenvalue weighted by atomic mass is 16.5. The van der Waals surface area contributed by atoms with Crippen LogP contribution in [0.1, 0.15) is 33.1 Å². The maximum atomic E-state index is 6.06. The van der Waals surface area contributed by atoms with Gasteiger partial charge in [-0.25, -0.2) is 0 Å². The molecule has 0 bridgehead atoms. The zero-order chi connectivity index (χ0) is 12.0. The molecule has 1 fully saturated rings. The van der Waals surface area contributed by atoms with Crippen molar-refractivity contribution in [3.63, 3.8) is 0 Å². The summed E-state index contributed by atoms with van der Waals surface area (Å²) in [7, 11) is 2.13. The molecule has 0 spiro atoms. The Balaban J connectivity index is 1.93. The summed E-state index contributed by atoms with van der Waals surface area (Å²) < 4.78 is 5.61. The van der Waals surface area contributed by atoms with Crippen LogP contribution < -0.4 is 5.73 Å². The lowest BCUT2D eigenvalue weighted by Crippen LogP contribution is -2.37. The predicted octanol–water partition coefficient (Wildman–Crippen LogP) is 1.72. The van der Waals surface area contributed by atoms with Crippen LogP contribution in [0.15, 0.2) is 0 Å². The highest BCUT2D eigenvalue weighted by molar-refractivity contribution is 4.72. The molecule has 1 atom stereocenters. The van der Waals surface area contributed by atoms with Crippen LogP contribution in [0.3, 0.4) is 0 Å². The fourth-order valence-electron chi connectivity index (χ4n) is 1.93. The second-order valence-corrected chi connectivity index (χ2v) is 5.67. The van der Waals surface area contributed by atoms with Crippen molar-refractivity contribution >= 4 is 0 Å². The number of nitrogens with zero attached hydrogens (tertiary/aromatic N) is 1. The third kappa shape index (κ3) is 7.20. The molecule has 0 saturated heterocycles. The van der Waals surface area contributed by atoms with E-state index in [4.69, 9.17) is 10.5 Å². The summed E-state index contributed by atoms with van der Waals surface area (Å²) in [5.41, 5.74) is 6.06. The molecule has 0 heterocycles. The highest BCUT2D eigenvalue weighted by Gasteiger charge is 2.21. The normalized spacial score (nSPS) is 18.4. The molecule has 3 heteroatoms. The van der Waals surface area contributed by atoms with E-state index in [1.165, 1.54) is 12.8 Å². The number of likely N-dealkylation sites (N-methyl/N-ethyl adjacent to an activating group) is 1. The van der Waals surface area contributed by atoms with Crippen molar-refractivity contribution in [1.82, 2.24) is 4.90 Å². The van der Waals surface area contributed by atoms with E-state index in [1.807, 2.05) is 0 Å². The first-order valence-electron chi connectivity index (χ1n) is 6.59. The smallest absolute Gasteiger partial charge is 0.0593 e. The molecular formula is C13H28N2O. The highest BCUT2D eigenvalue weighted by Crippen LogP contribution is 2.28. The van der Waals surface area contributed by atoms with Gasteiger partial charge >= 0.3 is 0 Å². The minimum Gasteiger partial charge on any atom is -0.380 e. The summed E-state index contributed by atoms with van der Waals surface area (Å²) in [6.07, 6.45) is 3.84. The van der Waals surface area contributed by atoms with Gasteiger partial charge in [-0.15, -0.1) is 0 Å². The number of nitrogens with two attached hydrogens (primary N) is 1. The van der Waals surface area contributed by atoms with Gasteiger partial charge in [-0.1, -0.05) is 13.8 Å². The molecule has 2 N–H and O–H groups in total. The molecule has 1 rings (SSSR count). The van der Waals surface area contributed by atoms with E-state index in [0.717, 1.165) is 38.6 Å². The Labute approximate surface area is 100 Å². The van der Waals surface area contributed by atoms with Gasteiger partial charge in [-0.05, 0) is 38.1 Å². The van der Waals surface area contributed by atoms with E-state index in [1.54, 1.807) is 0 Å². The Hall–Kier alpha value is -0.120. The Morgan fingerprint density at radius 2 is 2.06 bits per heavy atom. The van der Waals surface area contributed by atoms with Gasteiger partial charge in [0.2, 0.25) is 0 Å². The minimum absolute atomic E-state index is 0.299. The van der Waals surface area contributed by atoms with Crippen molar-refractivity contribution in [3.8, 4) is 0 Å². The molecule has 0 aromatic heterocycles. The number of ether oxygens (including phenoxy) is 1. The van der Waals surface area contributed by atoms with Gasteiger partial charge < -0.3 is 15.4 Å². The SMILES string of the molecule is CC(C)CC(N)CN(C)CCOCC1CC1. The largest absolute Gasteiger partial charge is 0.380 e. The number of hydrogen-bond donors (Lipinski definition) is 1. The predicted molar refractivity (Wildman–Crippen MR) is 68.5 cm³/mol. The fourth-order valence-corrected chi connectivity index (χ4v) is 1.93. The fraction of sp³-hybridized carbons (Fsp3) is 1.00. The van der Waals surface area contributed by atoms with Crippen molar-refractivity contribution in [3.05, 3.63) is 0 Å². The maximum absolute atomic E-state index is 6.06. The Bertz CT molecular complexity index is 181. The van der Waals surface area contributed by atoms with E-state index in [2.05, 4.69) is 25.8 Å². The summed E-state index contributed by atoms with van der Waals surface area (Å²) in [5, 5.41) is 0. The summed E-state index contributed by atoms with van der Waals surface area (Å²) in [4.78, 5) is 2.28. The quantitative estimate of drug-likeness (QED) is 0.611. The van der Waals surface area contributed by atoms with Crippen LogP contribution in [0.5, 0.6) is 0 Å². The summed E-state index contributed by atoms with van der Waals surface area (Å²) in [6, 6.07) is 0.299. The monoisotopic (exact) mass is 228 g/mol. The molecule has 1 saturated carbocycles. The van der Waals surface area contributed by atoms with Gasteiger partial charge in [0.25, 0.3) is 0 Å². The Kier molecular flexibility index (Phi) is 6.32. The average Bonchev–Trinajstić information content (AvgIpc) is 2.94. The van der Waals surface area contributed by atoms with Crippen molar-refractivity contribution in [2.75, 3.05) is 33.4 Å². The maximum Gasteiger partial charge on any atom is 0.0593 e. The van der Waals surface area contributed by atoms with Crippen molar-refractivity contribution in [2.24, 2.45) is 17.6 Å². The van der Waals surface area contributed by atoms with Crippen molar-refractivity contribution in [1.29, 1.82) is 0 Å². The lowest BCUT2D eigenvalue weighted by molar-refractivity contribution is 0.101. The van der Waals surface area contributed by atoms with Gasteiger partial charge in [0.15, 0.2) is 0 Å². The van der Waals surface area contributed by atoms with Gasteiger partial charge in [0.05, 0.1) is 6.61 Å². The zero-order valence-corrected chi connectivity index (χ0v) is 11.1. The van der Waals surface area contributed by atoms with Gasteiger partial charge in [0, 0.05) is 25.7 Å². The molecule has 0 aliphatic heterocycles. The molecule has 0 radical (unpaired) electrons. The van der Waals surface area contributed by atoms with Crippen LogP contribution in [0.2, 0.25) is 0 Å². The molecule has 16 heavy (non-hydrogen) atoms. The topological polar surface area (TPSA) is 38.5 Å². The van der Waals surface area contributed by atoms with E-state index >= 15 is 0 Å². The third-order valence-electron chi connectivity index (χ3n) is 2.99. The first kappa shape index (κ1) is 13.9. The molecule has 1 aliphatic carbocycles. The van der Waals surface area contributed by atoms with E-state index in [9.17, 15) is 0 Å². The van der Waals surface area contributed by atoms with Crippen LogP contribution in [-0.2, 0) is 4.74 Å².